The molecule has 9 nitrogen and oxygen atoms in total. The van der Waals surface area contributed by atoms with Crippen LogP contribution in [0.1, 0.15) is 0 Å². The van der Waals surface area contributed by atoms with Gasteiger partial charge in [-0.3, -0.25) is 19.6 Å². The van der Waals surface area contributed by atoms with E-state index in [0.29, 0.717) is 10.2 Å². The van der Waals surface area contributed by atoms with E-state index in [-0.39, 0.29) is 18.1 Å². The van der Waals surface area contributed by atoms with Crippen LogP contribution in [0.25, 0.3) is 0 Å². The van der Waals surface area contributed by atoms with Gasteiger partial charge in [-0.1, -0.05) is 0 Å². The molecule has 0 saturated heterocycles. The third kappa shape index (κ3) is 3.29. The van der Waals surface area contributed by atoms with Gasteiger partial charge in [-0.25, -0.2) is 4.98 Å². The third-order valence-corrected chi connectivity index (χ3v) is 2.68. The van der Waals surface area contributed by atoms with Gasteiger partial charge < -0.3 is 11.1 Å². The number of rotatable bonds is 5. The van der Waals surface area contributed by atoms with Crippen LogP contribution in [0.2, 0.25) is 0 Å². The maximum atomic E-state index is 10.9. The van der Waals surface area contributed by atoms with Crippen molar-refractivity contribution in [1.29, 1.82) is 0 Å². The van der Waals surface area contributed by atoms with E-state index in [2.05, 4.69) is 31.3 Å². The molecule has 2 aromatic rings. The Bertz CT molecular complexity index is 671. The highest BCUT2D eigenvalue weighted by Crippen LogP contribution is 2.27. The summed E-state index contributed by atoms with van der Waals surface area (Å²) in [6.45, 7) is -0.0719. The molecule has 0 aliphatic heterocycles. The molecular weight excluding hydrogens is 332 g/mol. The number of aromatic nitrogens is 3. The summed E-state index contributed by atoms with van der Waals surface area (Å²) < 4.78 is 1.81. The van der Waals surface area contributed by atoms with Crippen molar-refractivity contribution in [2.45, 2.75) is 6.54 Å². The van der Waals surface area contributed by atoms with Crippen molar-refractivity contribution >= 4 is 39.0 Å². The van der Waals surface area contributed by atoms with Crippen LogP contribution < -0.4 is 11.1 Å². The second-order valence-electron chi connectivity index (χ2n) is 3.80. The second kappa shape index (κ2) is 5.65. The summed E-state index contributed by atoms with van der Waals surface area (Å²) in [7, 11) is 0. The summed E-state index contributed by atoms with van der Waals surface area (Å²) in [4.78, 5) is 25.1. The van der Waals surface area contributed by atoms with Crippen molar-refractivity contribution < 1.29 is 9.72 Å². The van der Waals surface area contributed by atoms with Gasteiger partial charge in [-0.05, 0) is 15.9 Å². The number of nitro groups is 1. The quantitative estimate of drug-likeness (QED) is 0.620. The van der Waals surface area contributed by atoms with Gasteiger partial charge in [0.25, 0.3) is 0 Å². The highest BCUT2D eigenvalue weighted by atomic mass is 79.9. The van der Waals surface area contributed by atoms with E-state index in [1.165, 1.54) is 29.3 Å². The first-order valence-corrected chi connectivity index (χ1v) is 6.12. The van der Waals surface area contributed by atoms with Crippen LogP contribution in [0, 0.1) is 10.1 Å². The van der Waals surface area contributed by atoms with Crippen LogP contribution in [0.5, 0.6) is 0 Å². The fourth-order valence-electron chi connectivity index (χ4n) is 1.48. The molecule has 0 aliphatic rings. The Balaban J connectivity index is 2.23. The maximum Gasteiger partial charge on any atom is 0.312 e. The summed E-state index contributed by atoms with van der Waals surface area (Å²) in [5.41, 5.74) is 5.32. The molecule has 0 aromatic carbocycles. The third-order valence-electron chi connectivity index (χ3n) is 2.24. The zero-order valence-corrected chi connectivity index (χ0v) is 11.6. The van der Waals surface area contributed by atoms with Gasteiger partial charge in [0.2, 0.25) is 11.7 Å². The van der Waals surface area contributed by atoms with E-state index < -0.39 is 10.8 Å². The van der Waals surface area contributed by atoms with Crippen molar-refractivity contribution in [3.05, 3.63) is 39.2 Å². The first-order chi connectivity index (χ1) is 9.45. The number of hydrogen-bond acceptors (Lipinski definition) is 6. The molecule has 0 spiro atoms. The highest BCUT2D eigenvalue weighted by molar-refractivity contribution is 9.10. The predicted octanol–water partition coefficient (Wildman–Crippen LogP) is 1.18. The Morgan fingerprint density at radius 2 is 2.30 bits per heavy atom. The van der Waals surface area contributed by atoms with Crippen LogP contribution in [0.3, 0.4) is 0 Å². The fraction of sp³-hybridized carbons (Fsp3) is 0.100. The number of halogens is 1. The first-order valence-electron chi connectivity index (χ1n) is 5.33. The molecule has 0 bridgehead atoms. The van der Waals surface area contributed by atoms with Crippen molar-refractivity contribution in [2.75, 3.05) is 5.32 Å². The van der Waals surface area contributed by atoms with Crippen molar-refractivity contribution in [3.63, 3.8) is 0 Å². The van der Waals surface area contributed by atoms with Crippen LogP contribution in [-0.2, 0) is 11.3 Å². The van der Waals surface area contributed by atoms with E-state index in [9.17, 15) is 14.9 Å². The number of pyridine rings is 1. The lowest BCUT2D eigenvalue weighted by molar-refractivity contribution is -0.384. The predicted molar refractivity (Wildman–Crippen MR) is 73.3 cm³/mol. The molecule has 3 N–H and O–H groups in total. The molecule has 0 atom stereocenters. The lowest BCUT2D eigenvalue weighted by Crippen LogP contribution is -2.18. The standard InChI is InChI=1S/C10H9BrN6O3/c11-6-1-8(17(19)20)10(13-2-6)15-7-3-14-16(4-7)5-9(12)18/h1-4H,5H2,(H2,12,18)(H,13,15). The lowest BCUT2D eigenvalue weighted by Gasteiger charge is -2.03. The number of hydrogen-bond donors (Lipinski definition) is 2. The molecule has 2 aromatic heterocycles. The number of nitrogens with zero attached hydrogens (tertiary/aromatic N) is 4. The summed E-state index contributed by atoms with van der Waals surface area (Å²) in [5, 5.41) is 17.6. The Kier molecular flexibility index (Phi) is 3.94. The van der Waals surface area contributed by atoms with Crippen molar-refractivity contribution in [2.24, 2.45) is 5.73 Å². The van der Waals surface area contributed by atoms with E-state index >= 15 is 0 Å². The van der Waals surface area contributed by atoms with Crippen LogP contribution in [0.4, 0.5) is 17.2 Å². The Morgan fingerprint density at radius 3 is 2.95 bits per heavy atom. The average molecular weight is 341 g/mol. The normalized spacial score (nSPS) is 10.2. The molecule has 20 heavy (non-hydrogen) atoms. The highest BCUT2D eigenvalue weighted by Gasteiger charge is 2.16. The Labute approximate surface area is 121 Å². The fourth-order valence-corrected chi connectivity index (χ4v) is 1.79. The smallest absolute Gasteiger partial charge is 0.312 e. The lowest BCUT2D eigenvalue weighted by atomic mass is 10.4. The molecule has 10 heteroatoms. The molecule has 0 fully saturated rings. The second-order valence-corrected chi connectivity index (χ2v) is 4.71. The molecule has 0 saturated carbocycles. The summed E-state index contributed by atoms with van der Waals surface area (Å²) in [5.74, 6) is -0.454. The largest absolute Gasteiger partial charge is 0.368 e. The topological polar surface area (TPSA) is 129 Å². The zero-order valence-electron chi connectivity index (χ0n) is 9.99. The van der Waals surface area contributed by atoms with Crippen LogP contribution in [0.15, 0.2) is 29.1 Å². The number of carbonyl (C=O) groups excluding carboxylic acids is 1. The van der Waals surface area contributed by atoms with Gasteiger partial charge in [-0.15, -0.1) is 0 Å². The van der Waals surface area contributed by atoms with Crippen molar-refractivity contribution in [1.82, 2.24) is 14.8 Å². The molecular formula is C10H9BrN6O3. The number of primary amides is 1. The number of anilines is 2. The van der Waals surface area contributed by atoms with Crippen molar-refractivity contribution in [3.8, 4) is 0 Å². The minimum Gasteiger partial charge on any atom is -0.368 e. The van der Waals surface area contributed by atoms with Gasteiger partial charge in [-0.2, -0.15) is 5.10 Å². The monoisotopic (exact) mass is 340 g/mol. The number of nitrogens with two attached hydrogens (primary N) is 1. The first kappa shape index (κ1) is 13.9. The number of nitrogens with one attached hydrogen (secondary N) is 1. The molecule has 0 aliphatic carbocycles. The van der Waals surface area contributed by atoms with E-state index in [1.54, 1.807) is 0 Å². The van der Waals surface area contributed by atoms with E-state index in [4.69, 9.17) is 5.73 Å². The van der Waals surface area contributed by atoms with Crippen LogP contribution in [-0.4, -0.2) is 25.6 Å². The minimum atomic E-state index is -0.548. The van der Waals surface area contributed by atoms with Gasteiger partial charge >= 0.3 is 5.69 Å². The zero-order chi connectivity index (χ0) is 14.7. The summed E-state index contributed by atoms with van der Waals surface area (Å²) in [6, 6.07) is 1.34. The molecule has 1 amide bonds. The molecule has 2 heterocycles. The molecule has 2 rings (SSSR count). The van der Waals surface area contributed by atoms with E-state index in [1.807, 2.05) is 0 Å². The van der Waals surface area contributed by atoms with Gasteiger partial charge in [0.15, 0.2) is 0 Å². The Hall–Kier alpha value is -2.49. The van der Waals surface area contributed by atoms with Gasteiger partial charge in [0.05, 0.1) is 16.8 Å². The average Bonchev–Trinajstić information content (AvgIpc) is 2.77. The van der Waals surface area contributed by atoms with E-state index in [0.717, 1.165) is 0 Å². The number of carbonyl (C=O) groups is 1. The molecule has 0 radical (unpaired) electrons. The Morgan fingerprint density at radius 1 is 1.55 bits per heavy atom. The summed E-state index contributed by atoms with van der Waals surface area (Å²) >= 11 is 3.12. The maximum absolute atomic E-state index is 10.9. The molecule has 104 valence electrons. The van der Waals surface area contributed by atoms with Gasteiger partial charge in [0.1, 0.15) is 6.54 Å². The minimum absolute atomic E-state index is 0.0719. The SMILES string of the molecule is NC(=O)Cn1cc(Nc2ncc(Br)cc2[N+](=O)[O-])cn1. The molecule has 0 unspecified atom stereocenters. The summed E-state index contributed by atoms with van der Waals surface area (Å²) in [6.07, 6.45) is 4.35. The van der Waals surface area contributed by atoms with Gasteiger partial charge in [0, 0.05) is 22.9 Å². The number of amides is 1. The van der Waals surface area contributed by atoms with Crippen LogP contribution >= 0.6 is 15.9 Å².